The topological polar surface area (TPSA) is 54.0 Å². The standard InChI is InChI=1S/C24H31N3O3/c1-26(2)21-9-7-18(8-10-21)23(28)27-13-11-24(12-14-27)16-20(17-30-24)25-19-5-4-6-22(15-19)29-3/h4-10,15,20,25H,11-14,16-17H2,1-3H3/t20-/m1/s1. The molecule has 6 heteroatoms. The number of nitrogens with one attached hydrogen (secondary N) is 1. The van der Waals surface area contributed by atoms with Crippen molar-refractivity contribution < 1.29 is 14.3 Å². The molecule has 2 fully saturated rings. The molecule has 1 amide bonds. The van der Waals surface area contributed by atoms with Gasteiger partial charge >= 0.3 is 0 Å². The molecule has 0 aliphatic carbocycles. The van der Waals surface area contributed by atoms with Crippen molar-refractivity contribution >= 4 is 17.3 Å². The maximum absolute atomic E-state index is 12.9. The number of ether oxygens (including phenoxy) is 2. The minimum atomic E-state index is -0.123. The minimum absolute atomic E-state index is 0.110. The third-order valence-electron chi connectivity index (χ3n) is 6.24. The Hall–Kier alpha value is -2.73. The summed E-state index contributed by atoms with van der Waals surface area (Å²) in [5, 5.41) is 3.57. The highest BCUT2D eigenvalue weighted by atomic mass is 16.5. The number of piperidine rings is 1. The smallest absolute Gasteiger partial charge is 0.253 e. The third kappa shape index (κ3) is 4.38. The van der Waals surface area contributed by atoms with Crippen LogP contribution in [0.5, 0.6) is 5.75 Å². The fraction of sp³-hybridized carbons (Fsp3) is 0.458. The summed E-state index contributed by atoms with van der Waals surface area (Å²) < 4.78 is 11.6. The second kappa shape index (κ2) is 8.56. The van der Waals surface area contributed by atoms with Crippen LogP contribution in [0.2, 0.25) is 0 Å². The molecule has 2 saturated heterocycles. The summed E-state index contributed by atoms with van der Waals surface area (Å²) in [6.45, 7) is 2.16. The molecule has 1 spiro atoms. The van der Waals surface area contributed by atoms with E-state index in [1.54, 1.807) is 7.11 Å². The predicted molar refractivity (Wildman–Crippen MR) is 120 cm³/mol. The van der Waals surface area contributed by atoms with Crippen molar-refractivity contribution in [2.45, 2.75) is 30.9 Å². The number of carbonyl (C=O) groups excluding carboxylic acids is 1. The molecule has 4 rings (SSSR count). The Bertz CT molecular complexity index is 874. The van der Waals surface area contributed by atoms with Crippen LogP contribution in [0, 0.1) is 0 Å². The van der Waals surface area contributed by atoms with Crippen molar-refractivity contribution in [3.63, 3.8) is 0 Å². The van der Waals surface area contributed by atoms with E-state index in [0.29, 0.717) is 6.61 Å². The molecule has 2 aliphatic rings. The highest BCUT2D eigenvalue weighted by Gasteiger charge is 2.43. The molecule has 0 unspecified atom stereocenters. The van der Waals surface area contributed by atoms with Gasteiger partial charge in [-0.3, -0.25) is 4.79 Å². The summed E-state index contributed by atoms with van der Waals surface area (Å²) in [4.78, 5) is 16.9. The van der Waals surface area contributed by atoms with Crippen molar-refractivity contribution in [3.05, 3.63) is 54.1 Å². The molecule has 2 aromatic rings. The van der Waals surface area contributed by atoms with Crippen LogP contribution in [-0.4, -0.2) is 63.4 Å². The van der Waals surface area contributed by atoms with Crippen LogP contribution in [0.4, 0.5) is 11.4 Å². The summed E-state index contributed by atoms with van der Waals surface area (Å²) in [6.07, 6.45) is 2.72. The van der Waals surface area contributed by atoms with Crippen LogP contribution in [0.1, 0.15) is 29.6 Å². The number of amides is 1. The third-order valence-corrected chi connectivity index (χ3v) is 6.24. The van der Waals surface area contributed by atoms with Crippen LogP contribution in [0.15, 0.2) is 48.5 Å². The fourth-order valence-corrected chi connectivity index (χ4v) is 4.44. The lowest BCUT2D eigenvalue weighted by molar-refractivity contribution is -0.0388. The number of rotatable bonds is 5. The summed E-state index contributed by atoms with van der Waals surface area (Å²) in [5.74, 6) is 0.957. The largest absolute Gasteiger partial charge is 0.497 e. The molecule has 6 nitrogen and oxygen atoms in total. The monoisotopic (exact) mass is 409 g/mol. The van der Waals surface area contributed by atoms with Crippen molar-refractivity contribution in [3.8, 4) is 5.75 Å². The van der Waals surface area contributed by atoms with Gasteiger partial charge in [0.1, 0.15) is 5.75 Å². The highest BCUT2D eigenvalue weighted by molar-refractivity contribution is 5.94. The molecule has 1 N–H and O–H groups in total. The number of carbonyl (C=O) groups is 1. The van der Waals surface area contributed by atoms with Crippen LogP contribution >= 0.6 is 0 Å². The van der Waals surface area contributed by atoms with E-state index in [2.05, 4.69) is 11.4 Å². The molecule has 0 radical (unpaired) electrons. The van der Waals surface area contributed by atoms with E-state index in [9.17, 15) is 4.79 Å². The van der Waals surface area contributed by atoms with E-state index in [1.165, 1.54) is 0 Å². The number of methoxy groups -OCH3 is 1. The predicted octanol–water partition coefficient (Wildman–Crippen LogP) is 3.64. The van der Waals surface area contributed by atoms with Gasteiger partial charge < -0.3 is 24.6 Å². The molecule has 2 aliphatic heterocycles. The normalized spacial score (nSPS) is 20.2. The van der Waals surface area contributed by atoms with E-state index < -0.39 is 0 Å². The lowest BCUT2D eigenvalue weighted by atomic mass is 9.87. The Balaban J connectivity index is 1.32. The van der Waals surface area contributed by atoms with E-state index >= 15 is 0 Å². The average Bonchev–Trinajstić information content (AvgIpc) is 3.15. The van der Waals surface area contributed by atoms with E-state index in [4.69, 9.17) is 9.47 Å². The van der Waals surface area contributed by atoms with Crippen molar-refractivity contribution in [2.24, 2.45) is 0 Å². The quantitative estimate of drug-likeness (QED) is 0.817. The van der Waals surface area contributed by atoms with Crippen LogP contribution in [0.3, 0.4) is 0 Å². The Morgan fingerprint density at radius 2 is 1.90 bits per heavy atom. The first kappa shape index (κ1) is 20.5. The average molecular weight is 410 g/mol. The van der Waals surface area contributed by atoms with Gasteiger partial charge in [-0.1, -0.05) is 6.07 Å². The fourth-order valence-electron chi connectivity index (χ4n) is 4.44. The van der Waals surface area contributed by atoms with Gasteiger partial charge in [-0.2, -0.15) is 0 Å². The molecule has 1 atom stereocenters. The van der Waals surface area contributed by atoms with E-state index in [0.717, 1.165) is 55.0 Å². The molecular weight excluding hydrogens is 378 g/mol. The Morgan fingerprint density at radius 1 is 1.17 bits per heavy atom. The molecular formula is C24H31N3O3. The van der Waals surface area contributed by atoms with Gasteiger partial charge in [0, 0.05) is 50.2 Å². The first-order chi connectivity index (χ1) is 14.5. The van der Waals surface area contributed by atoms with Gasteiger partial charge in [0.15, 0.2) is 0 Å². The second-order valence-electron chi connectivity index (χ2n) is 8.50. The van der Waals surface area contributed by atoms with Gasteiger partial charge in [0.05, 0.1) is 25.4 Å². The maximum Gasteiger partial charge on any atom is 0.253 e. The number of hydrogen-bond donors (Lipinski definition) is 1. The van der Waals surface area contributed by atoms with Gasteiger partial charge in [-0.25, -0.2) is 0 Å². The molecule has 30 heavy (non-hydrogen) atoms. The Morgan fingerprint density at radius 3 is 2.57 bits per heavy atom. The zero-order valence-electron chi connectivity index (χ0n) is 18.1. The zero-order valence-corrected chi connectivity index (χ0v) is 18.1. The Kier molecular flexibility index (Phi) is 5.86. The van der Waals surface area contributed by atoms with E-state index in [1.807, 2.05) is 66.4 Å². The summed E-state index contributed by atoms with van der Waals surface area (Å²) in [6, 6.07) is 16.1. The van der Waals surface area contributed by atoms with Crippen LogP contribution < -0.4 is 15.0 Å². The van der Waals surface area contributed by atoms with Gasteiger partial charge in [0.25, 0.3) is 5.91 Å². The first-order valence-corrected chi connectivity index (χ1v) is 10.6. The van der Waals surface area contributed by atoms with Gasteiger partial charge in [-0.15, -0.1) is 0 Å². The molecule has 0 bridgehead atoms. The molecule has 160 valence electrons. The number of benzene rings is 2. The zero-order chi connectivity index (χ0) is 21.1. The molecule has 2 aromatic carbocycles. The summed E-state index contributed by atoms with van der Waals surface area (Å²) >= 11 is 0. The number of hydrogen-bond acceptors (Lipinski definition) is 5. The summed E-state index contributed by atoms with van der Waals surface area (Å²) in [5.41, 5.74) is 2.77. The highest BCUT2D eigenvalue weighted by Crippen LogP contribution is 2.37. The van der Waals surface area contributed by atoms with Crippen molar-refractivity contribution in [2.75, 3.05) is 51.1 Å². The SMILES string of the molecule is COc1cccc(N[C@H]2COC3(CCN(C(=O)c4ccc(N(C)C)cc4)CC3)C2)c1. The molecule has 2 heterocycles. The lowest BCUT2D eigenvalue weighted by Gasteiger charge is -2.38. The van der Waals surface area contributed by atoms with Crippen LogP contribution in [0.25, 0.3) is 0 Å². The van der Waals surface area contributed by atoms with Crippen LogP contribution in [-0.2, 0) is 4.74 Å². The Labute approximate surface area is 178 Å². The van der Waals surface area contributed by atoms with Gasteiger partial charge in [0.2, 0.25) is 0 Å². The number of likely N-dealkylation sites (tertiary alicyclic amines) is 1. The number of nitrogens with zero attached hydrogens (tertiary/aromatic N) is 2. The maximum atomic E-state index is 12.9. The first-order valence-electron chi connectivity index (χ1n) is 10.6. The molecule has 0 aromatic heterocycles. The van der Waals surface area contributed by atoms with E-state index in [-0.39, 0.29) is 17.6 Å². The van der Waals surface area contributed by atoms with Gasteiger partial charge in [-0.05, 0) is 55.7 Å². The lowest BCUT2D eigenvalue weighted by Crippen LogP contribution is -2.46. The van der Waals surface area contributed by atoms with Crippen molar-refractivity contribution in [1.82, 2.24) is 4.90 Å². The number of anilines is 2. The molecule has 0 saturated carbocycles. The minimum Gasteiger partial charge on any atom is -0.497 e. The second-order valence-corrected chi connectivity index (χ2v) is 8.50. The summed E-state index contributed by atoms with van der Waals surface area (Å²) in [7, 11) is 5.68. The van der Waals surface area contributed by atoms with Crippen molar-refractivity contribution in [1.29, 1.82) is 0 Å².